The Morgan fingerprint density at radius 2 is 2.28 bits per heavy atom. The van der Waals surface area contributed by atoms with Crippen molar-refractivity contribution in [3.63, 3.8) is 0 Å². The number of nitrogens with two attached hydrogens (primary N) is 1. The summed E-state index contributed by atoms with van der Waals surface area (Å²) in [4.78, 5) is 21.7. The van der Waals surface area contributed by atoms with Gasteiger partial charge in [-0.3, -0.25) is 20.2 Å². The molecule has 8 nitrogen and oxygen atoms in total. The molecular weight excluding hydrogens is 258 g/mol. The second-order valence-corrected chi connectivity index (χ2v) is 4.06. The highest BCUT2D eigenvalue weighted by Crippen LogP contribution is 2.22. The molecule has 2 rings (SSSR count). The van der Waals surface area contributed by atoms with Gasteiger partial charge in [0, 0.05) is 11.6 Å². The van der Waals surface area contributed by atoms with E-state index in [-0.39, 0.29) is 16.9 Å². The number of nitrogen functional groups attached to an aromatic ring is 1. The summed E-state index contributed by atoms with van der Waals surface area (Å²) in [6.07, 6.45) is 0. The van der Waals surface area contributed by atoms with E-state index in [1.54, 1.807) is 0 Å². The summed E-state index contributed by atoms with van der Waals surface area (Å²) in [6.45, 7) is 0. The van der Waals surface area contributed by atoms with E-state index < -0.39 is 10.8 Å². The molecule has 2 aromatic rings. The molecule has 0 fully saturated rings. The number of nitro benzene ring substituents is 1. The van der Waals surface area contributed by atoms with Crippen LogP contribution in [0.2, 0.25) is 0 Å². The van der Waals surface area contributed by atoms with Crippen LogP contribution in [0.5, 0.6) is 0 Å². The molecule has 92 valence electrons. The van der Waals surface area contributed by atoms with Gasteiger partial charge in [-0.15, -0.1) is 10.2 Å². The number of amides is 1. The highest BCUT2D eigenvalue weighted by Gasteiger charge is 2.15. The first-order chi connectivity index (χ1) is 8.58. The summed E-state index contributed by atoms with van der Waals surface area (Å²) in [7, 11) is 0. The number of carbonyl (C=O) groups is 1. The topological polar surface area (TPSA) is 124 Å². The Balaban J connectivity index is 2.21. The molecule has 0 spiro atoms. The summed E-state index contributed by atoms with van der Waals surface area (Å²) in [5.41, 5.74) is 6.88. The van der Waals surface area contributed by atoms with Crippen molar-refractivity contribution in [1.82, 2.24) is 10.2 Å². The van der Waals surface area contributed by atoms with Crippen LogP contribution >= 0.6 is 11.3 Å². The summed E-state index contributed by atoms with van der Waals surface area (Å²) in [6, 6.07) is 3.75. The van der Waals surface area contributed by atoms with Gasteiger partial charge < -0.3 is 5.73 Å². The number of nitro groups is 1. The lowest BCUT2D eigenvalue weighted by molar-refractivity contribution is -0.383. The molecule has 0 saturated heterocycles. The Morgan fingerprint density at radius 3 is 2.83 bits per heavy atom. The summed E-state index contributed by atoms with van der Waals surface area (Å²) < 4.78 is 0. The van der Waals surface area contributed by atoms with Crippen molar-refractivity contribution in [2.24, 2.45) is 0 Å². The van der Waals surface area contributed by atoms with E-state index in [1.807, 2.05) is 0 Å². The number of nitrogens with zero attached hydrogens (tertiary/aromatic N) is 3. The molecule has 0 saturated carbocycles. The fourth-order valence-electron chi connectivity index (χ4n) is 1.26. The number of carbonyl (C=O) groups excluding carboxylic acids is 1. The first-order valence-corrected chi connectivity index (χ1v) is 5.57. The first kappa shape index (κ1) is 11.9. The molecule has 9 heteroatoms. The van der Waals surface area contributed by atoms with Crippen LogP contribution < -0.4 is 11.1 Å². The van der Waals surface area contributed by atoms with Crippen LogP contribution in [0.15, 0.2) is 23.7 Å². The average molecular weight is 265 g/mol. The predicted octanol–water partition coefficient (Wildman–Crippen LogP) is 1.28. The van der Waals surface area contributed by atoms with Gasteiger partial charge in [-0.25, -0.2) is 0 Å². The molecule has 0 atom stereocenters. The van der Waals surface area contributed by atoms with E-state index in [2.05, 4.69) is 15.5 Å². The van der Waals surface area contributed by atoms with Gasteiger partial charge in [0.15, 0.2) is 0 Å². The minimum Gasteiger partial charge on any atom is -0.393 e. The van der Waals surface area contributed by atoms with Crippen molar-refractivity contribution in [3.05, 3.63) is 39.4 Å². The van der Waals surface area contributed by atoms with Gasteiger partial charge in [0.2, 0.25) is 5.13 Å². The van der Waals surface area contributed by atoms with E-state index in [9.17, 15) is 14.9 Å². The number of benzene rings is 1. The standard InChI is InChI=1S/C9H7N5O3S/c10-6-3-5(1-2-7(6)14(16)17)8(15)12-9-13-11-4-18-9/h1-4H,10H2,(H,12,13,15). The predicted molar refractivity (Wildman–Crippen MR) is 65.4 cm³/mol. The smallest absolute Gasteiger partial charge is 0.292 e. The fraction of sp³-hybridized carbons (Fsp3) is 0. The summed E-state index contributed by atoms with van der Waals surface area (Å²) in [5, 5.41) is 20.6. The maximum absolute atomic E-state index is 11.7. The Kier molecular flexibility index (Phi) is 3.15. The van der Waals surface area contributed by atoms with Crippen molar-refractivity contribution < 1.29 is 9.72 Å². The minimum absolute atomic E-state index is 0.0649. The van der Waals surface area contributed by atoms with Gasteiger partial charge in [0.25, 0.3) is 11.6 Å². The maximum atomic E-state index is 11.7. The molecule has 0 radical (unpaired) electrons. The van der Waals surface area contributed by atoms with E-state index >= 15 is 0 Å². The maximum Gasteiger partial charge on any atom is 0.292 e. The number of hydrogen-bond donors (Lipinski definition) is 2. The van der Waals surface area contributed by atoms with Crippen LogP contribution in [0.25, 0.3) is 0 Å². The van der Waals surface area contributed by atoms with Crippen LogP contribution in [0.1, 0.15) is 10.4 Å². The van der Waals surface area contributed by atoms with Crippen molar-refractivity contribution in [1.29, 1.82) is 0 Å². The van der Waals surface area contributed by atoms with Gasteiger partial charge in [-0.05, 0) is 12.1 Å². The Labute approximate surface area is 105 Å². The largest absolute Gasteiger partial charge is 0.393 e. The van der Waals surface area contributed by atoms with Crippen LogP contribution in [0.4, 0.5) is 16.5 Å². The second-order valence-electron chi connectivity index (χ2n) is 3.23. The SMILES string of the molecule is Nc1cc(C(=O)Nc2nncs2)ccc1[N+](=O)[O-]. The summed E-state index contributed by atoms with van der Waals surface area (Å²) >= 11 is 1.16. The van der Waals surface area contributed by atoms with Gasteiger partial charge in [-0.1, -0.05) is 11.3 Å². The molecule has 0 aliphatic rings. The zero-order chi connectivity index (χ0) is 13.1. The zero-order valence-corrected chi connectivity index (χ0v) is 9.68. The molecule has 1 heterocycles. The number of rotatable bonds is 3. The van der Waals surface area contributed by atoms with Gasteiger partial charge in [0.1, 0.15) is 11.2 Å². The minimum atomic E-state index is -0.609. The van der Waals surface area contributed by atoms with Crippen LogP contribution in [-0.2, 0) is 0 Å². The van der Waals surface area contributed by atoms with E-state index in [0.717, 1.165) is 11.3 Å². The van der Waals surface area contributed by atoms with Gasteiger partial charge >= 0.3 is 0 Å². The van der Waals surface area contributed by atoms with E-state index in [0.29, 0.717) is 5.13 Å². The molecule has 0 unspecified atom stereocenters. The van der Waals surface area contributed by atoms with E-state index in [4.69, 9.17) is 5.73 Å². The highest BCUT2D eigenvalue weighted by molar-refractivity contribution is 7.13. The molecule has 1 aromatic carbocycles. The molecule has 1 aromatic heterocycles. The molecule has 0 bridgehead atoms. The monoisotopic (exact) mass is 265 g/mol. The third-order valence-corrected chi connectivity index (χ3v) is 2.67. The lowest BCUT2D eigenvalue weighted by atomic mass is 10.1. The van der Waals surface area contributed by atoms with Crippen molar-refractivity contribution in [2.75, 3.05) is 11.1 Å². The van der Waals surface area contributed by atoms with Crippen LogP contribution in [0, 0.1) is 10.1 Å². The average Bonchev–Trinajstić information content (AvgIpc) is 2.81. The van der Waals surface area contributed by atoms with Gasteiger partial charge in [0.05, 0.1) is 4.92 Å². The second kappa shape index (κ2) is 4.75. The molecule has 18 heavy (non-hydrogen) atoms. The number of aromatic nitrogens is 2. The third-order valence-electron chi connectivity index (χ3n) is 2.07. The number of nitrogens with one attached hydrogen (secondary N) is 1. The molecule has 3 N–H and O–H groups in total. The van der Waals surface area contributed by atoms with Crippen LogP contribution in [-0.4, -0.2) is 21.0 Å². The third kappa shape index (κ3) is 2.40. The number of anilines is 2. The Morgan fingerprint density at radius 1 is 1.50 bits per heavy atom. The van der Waals surface area contributed by atoms with Crippen molar-refractivity contribution in [3.8, 4) is 0 Å². The molecule has 0 aliphatic heterocycles. The van der Waals surface area contributed by atoms with Crippen molar-refractivity contribution >= 4 is 33.8 Å². The lowest BCUT2D eigenvalue weighted by Gasteiger charge is -2.02. The first-order valence-electron chi connectivity index (χ1n) is 4.69. The zero-order valence-electron chi connectivity index (χ0n) is 8.86. The Hall–Kier alpha value is -2.55. The highest BCUT2D eigenvalue weighted by atomic mass is 32.1. The molecular formula is C9H7N5O3S. The summed E-state index contributed by atoms with van der Waals surface area (Å²) in [5.74, 6) is -0.451. The molecule has 0 aliphatic carbocycles. The quantitative estimate of drug-likeness (QED) is 0.489. The van der Waals surface area contributed by atoms with Crippen molar-refractivity contribution in [2.45, 2.75) is 0 Å². The van der Waals surface area contributed by atoms with Gasteiger partial charge in [-0.2, -0.15) is 0 Å². The Bertz CT molecular complexity index is 598. The van der Waals surface area contributed by atoms with E-state index in [1.165, 1.54) is 23.7 Å². The normalized spacial score (nSPS) is 10.0. The molecule has 1 amide bonds. The van der Waals surface area contributed by atoms with Crippen LogP contribution in [0.3, 0.4) is 0 Å². The number of hydrogen-bond acceptors (Lipinski definition) is 7. The lowest BCUT2D eigenvalue weighted by Crippen LogP contribution is -2.12. The fourth-order valence-corrected chi connectivity index (χ4v) is 1.70.